The SMILES string of the molecule is O=C(O)c1cncc(C(=O)NC[C@]2(CO)CC[C@H]2c2ccccc2)c1. The maximum absolute atomic E-state index is 12.3. The molecule has 0 unspecified atom stereocenters. The smallest absolute Gasteiger partial charge is 0.337 e. The lowest BCUT2D eigenvalue weighted by molar-refractivity contribution is 0.0165. The fraction of sp³-hybridized carbons (Fsp3) is 0.316. The molecule has 2 aromatic rings. The van der Waals surface area contributed by atoms with Gasteiger partial charge < -0.3 is 15.5 Å². The first-order valence-electron chi connectivity index (χ1n) is 8.18. The van der Waals surface area contributed by atoms with Gasteiger partial charge in [0.1, 0.15) is 0 Å². The van der Waals surface area contributed by atoms with Crippen molar-refractivity contribution in [2.45, 2.75) is 18.8 Å². The second-order valence-corrected chi connectivity index (χ2v) is 6.47. The van der Waals surface area contributed by atoms with Crippen LogP contribution in [0, 0.1) is 5.41 Å². The Morgan fingerprint density at radius 1 is 1.20 bits per heavy atom. The predicted molar refractivity (Wildman–Crippen MR) is 91.5 cm³/mol. The fourth-order valence-electron chi connectivity index (χ4n) is 3.40. The number of amides is 1. The zero-order chi connectivity index (χ0) is 17.9. The van der Waals surface area contributed by atoms with E-state index < -0.39 is 5.97 Å². The molecule has 0 spiro atoms. The molecule has 1 saturated carbocycles. The second kappa shape index (κ2) is 7.03. The molecule has 2 atom stereocenters. The van der Waals surface area contributed by atoms with Gasteiger partial charge in [0.15, 0.2) is 0 Å². The van der Waals surface area contributed by atoms with E-state index in [0.29, 0.717) is 6.54 Å². The van der Waals surface area contributed by atoms with Crippen LogP contribution in [0.2, 0.25) is 0 Å². The van der Waals surface area contributed by atoms with Crippen LogP contribution in [0.1, 0.15) is 45.0 Å². The molecule has 1 heterocycles. The Morgan fingerprint density at radius 2 is 1.92 bits per heavy atom. The number of aliphatic hydroxyl groups excluding tert-OH is 1. The van der Waals surface area contributed by atoms with Gasteiger partial charge in [-0.2, -0.15) is 0 Å². The Labute approximate surface area is 145 Å². The first kappa shape index (κ1) is 17.1. The Kier molecular flexibility index (Phi) is 4.81. The van der Waals surface area contributed by atoms with Gasteiger partial charge in [0.05, 0.1) is 17.7 Å². The number of carboxylic acids is 1. The molecule has 1 aromatic carbocycles. The van der Waals surface area contributed by atoms with E-state index in [2.05, 4.69) is 10.3 Å². The first-order chi connectivity index (χ1) is 12.1. The van der Waals surface area contributed by atoms with Crippen LogP contribution < -0.4 is 5.32 Å². The molecule has 25 heavy (non-hydrogen) atoms. The first-order valence-corrected chi connectivity index (χ1v) is 8.18. The highest BCUT2D eigenvalue weighted by Crippen LogP contribution is 2.52. The molecule has 1 aliphatic rings. The molecule has 1 aliphatic carbocycles. The molecule has 0 saturated heterocycles. The number of hydrogen-bond acceptors (Lipinski definition) is 4. The molecular weight excluding hydrogens is 320 g/mol. The number of carboxylic acid groups (broad SMARTS) is 1. The fourth-order valence-corrected chi connectivity index (χ4v) is 3.40. The largest absolute Gasteiger partial charge is 0.478 e. The van der Waals surface area contributed by atoms with Crippen molar-refractivity contribution in [2.75, 3.05) is 13.2 Å². The highest BCUT2D eigenvalue weighted by molar-refractivity contribution is 5.96. The lowest BCUT2D eigenvalue weighted by Gasteiger charge is -2.49. The number of rotatable bonds is 6. The number of carbonyl (C=O) groups excluding carboxylic acids is 1. The van der Waals surface area contributed by atoms with E-state index >= 15 is 0 Å². The third kappa shape index (κ3) is 3.39. The number of hydrogen-bond donors (Lipinski definition) is 3. The van der Waals surface area contributed by atoms with Gasteiger partial charge in [-0.3, -0.25) is 9.78 Å². The summed E-state index contributed by atoms with van der Waals surface area (Å²) in [7, 11) is 0. The molecule has 3 N–H and O–H groups in total. The van der Waals surface area contributed by atoms with Crippen LogP contribution in [0.15, 0.2) is 48.8 Å². The zero-order valence-corrected chi connectivity index (χ0v) is 13.7. The number of aliphatic hydroxyl groups is 1. The molecule has 130 valence electrons. The van der Waals surface area contributed by atoms with E-state index in [1.807, 2.05) is 30.3 Å². The van der Waals surface area contributed by atoms with Crippen LogP contribution in [0.3, 0.4) is 0 Å². The summed E-state index contributed by atoms with van der Waals surface area (Å²) in [6, 6.07) is 11.3. The zero-order valence-electron chi connectivity index (χ0n) is 13.7. The topological polar surface area (TPSA) is 99.5 Å². The van der Waals surface area contributed by atoms with Crippen molar-refractivity contribution in [2.24, 2.45) is 5.41 Å². The van der Waals surface area contributed by atoms with Crippen LogP contribution in [0.4, 0.5) is 0 Å². The van der Waals surface area contributed by atoms with E-state index in [9.17, 15) is 14.7 Å². The van der Waals surface area contributed by atoms with Gasteiger partial charge in [0, 0.05) is 24.4 Å². The summed E-state index contributed by atoms with van der Waals surface area (Å²) in [6.07, 6.45) is 4.34. The quantitative estimate of drug-likeness (QED) is 0.747. The van der Waals surface area contributed by atoms with Crippen LogP contribution in [-0.4, -0.2) is 40.2 Å². The molecule has 3 rings (SSSR count). The lowest BCUT2D eigenvalue weighted by atomic mass is 9.58. The molecule has 0 radical (unpaired) electrons. The van der Waals surface area contributed by atoms with Crippen molar-refractivity contribution < 1.29 is 19.8 Å². The van der Waals surface area contributed by atoms with Gasteiger partial charge in [0.2, 0.25) is 0 Å². The molecule has 1 amide bonds. The van der Waals surface area contributed by atoms with E-state index in [1.54, 1.807) is 0 Å². The number of carbonyl (C=O) groups is 2. The second-order valence-electron chi connectivity index (χ2n) is 6.47. The number of benzene rings is 1. The highest BCUT2D eigenvalue weighted by atomic mass is 16.4. The minimum absolute atomic E-state index is 0.0136. The molecule has 1 aromatic heterocycles. The highest BCUT2D eigenvalue weighted by Gasteiger charge is 2.47. The minimum Gasteiger partial charge on any atom is -0.478 e. The summed E-state index contributed by atoms with van der Waals surface area (Å²) in [5.41, 5.74) is 0.944. The van der Waals surface area contributed by atoms with Gasteiger partial charge in [-0.25, -0.2) is 4.79 Å². The van der Waals surface area contributed by atoms with E-state index in [1.165, 1.54) is 18.5 Å². The minimum atomic E-state index is -1.13. The van der Waals surface area contributed by atoms with Crippen molar-refractivity contribution >= 4 is 11.9 Å². The summed E-state index contributed by atoms with van der Waals surface area (Å²) in [4.78, 5) is 27.1. The van der Waals surface area contributed by atoms with Crippen molar-refractivity contribution in [1.29, 1.82) is 0 Å². The van der Waals surface area contributed by atoms with Gasteiger partial charge in [-0.1, -0.05) is 30.3 Å². The maximum atomic E-state index is 12.3. The summed E-state index contributed by atoms with van der Waals surface area (Å²) < 4.78 is 0. The standard InChI is InChI=1S/C19H20N2O4/c22-12-19(7-6-16(19)13-4-2-1-3-5-13)11-21-17(23)14-8-15(18(24)25)10-20-9-14/h1-5,8-10,16,22H,6-7,11-12H2,(H,21,23)(H,24,25)/t16-,19-/m0/s1. The third-order valence-electron chi connectivity index (χ3n) is 5.04. The van der Waals surface area contributed by atoms with Crippen molar-refractivity contribution in [3.8, 4) is 0 Å². The Hall–Kier alpha value is -2.73. The average Bonchev–Trinajstić information content (AvgIpc) is 2.62. The monoisotopic (exact) mass is 340 g/mol. The normalized spacial score (nSPS) is 22.0. The average molecular weight is 340 g/mol. The van der Waals surface area contributed by atoms with Crippen molar-refractivity contribution in [3.05, 3.63) is 65.5 Å². The number of nitrogens with zero attached hydrogens (tertiary/aromatic N) is 1. The summed E-state index contributed by atoms with van der Waals surface area (Å²) in [5.74, 6) is -1.32. The van der Waals surface area contributed by atoms with Gasteiger partial charge in [0.25, 0.3) is 5.91 Å². The molecule has 0 bridgehead atoms. The number of nitrogens with one attached hydrogen (secondary N) is 1. The maximum Gasteiger partial charge on any atom is 0.337 e. The van der Waals surface area contributed by atoms with Crippen molar-refractivity contribution in [1.82, 2.24) is 10.3 Å². The summed E-state index contributed by atoms with van der Waals surface area (Å²) in [5, 5.41) is 21.7. The van der Waals surface area contributed by atoms with Gasteiger partial charge in [-0.05, 0) is 30.4 Å². The van der Waals surface area contributed by atoms with Crippen LogP contribution in [0.25, 0.3) is 0 Å². The van der Waals surface area contributed by atoms with Crippen molar-refractivity contribution in [3.63, 3.8) is 0 Å². The van der Waals surface area contributed by atoms with E-state index in [-0.39, 0.29) is 35.0 Å². The van der Waals surface area contributed by atoms with Crippen LogP contribution in [-0.2, 0) is 0 Å². The van der Waals surface area contributed by atoms with Crippen LogP contribution in [0.5, 0.6) is 0 Å². The summed E-state index contributed by atoms with van der Waals surface area (Å²) in [6.45, 7) is 0.319. The predicted octanol–water partition coefficient (Wildman–Crippen LogP) is 2.07. The Bertz CT molecular complexity index is 774. The molecule has 1 fully saturated rings. The molecule has 6 heteroatoms. The number of aromatic carboxylic acids is 1. The molecule has 0 aliphatic heterocycles. The Morgan fingerprint density at radius 3 is 2.52 bits per heavy atom. The van der Waals surface area contributed by atoms with E-state index in [4.69, 9.17) is 5.11 Å². The Balaban J connectivity index is 1.70. The number of pyridine rings is 1. The summed E-state index contributed by atoms with van der Waals surface area (Å²) >= 11 is 0. The molecular formula is C19H20N2O4. The van der Waals surface area contributed by atoms with Gasteiger partial charge in [-0.15, -0.1) is 0 Å². The number of aromatic nitrogens is 1. The third-order valence-corrected chi connectivity index (χ3v) is 5.04. The lowest BCUT2D eigenvalue weighted by Crippen LogP contribution is -2.50. The van der Waals surface area contributed by atoms with Crippen LogP contribution >= 0.6 is 0 Å². The van der Waals surface area contributed by atoms with E-state index in [0.717, 1.165) is 18.4 Å². The van der Waals surface area contributed by atoms with Gasteiger partial charge >= 0.3 is 5.97 Å². The molecule has 6 nitrogen and oxygen atoms in total.